The van der Waals surface area contributed by atoms with E-state index >= 15 is 0 Å². The summed E-state index contributed by atoms with van der Waals surface area (Å²) in [5.74, 6) is 0.304. The molecule has 110 valence electrons. The first-order valence-corrected chi connectivity index (χ1v) is 7.62. The summed E-state index contributed by atoms with van der Waals surface area (Å²) in [5, 5.41) is 8.45. The minimum Gasteiger partial charge on any atom is -0.484 e. The van der Waals surface area contributed by atoms with Gasteiger partial charge in [0.25, 0.3) is 5.91 Å². The zero-order chi connectivity index (χ0) is 15.2. The minimum atomic E-state index is -0.313. The van der Waals surface area contributed by atoms with Crippen LogP contribution < -0.4 is 10.2 Å². The van der Waals surface area contributed by atoms with Crippen molar-refractivity contribution >= 4 is 35.1 Å². The second-order valence-corrected chi connectivity index (χ2v) is 5.67. The molecule has 0 spiro atoms. The number of carbonyl (C=O) groups is 1. The Morgan fingerprint density at radius 3 is 2.76 bits per heavy atom. The van der Waals surface area contributed by atoms with E-state index in [1.54, 1.807) is 29.7 Å². The first-order valence-electron chi connectivity index (χ1n) is 6.30. The molecule has 0 aliphatic carbocycles. The van der Waals surface area contributed by atoms with Crippen LogP contribution >= 0.6 is 22.9 Å². The van der Waals surface area contributed by atoms with Gasteiger partial charge >= 0.3 is 0 Å². The number of hydrazone groups is 1. The Hall–Kier alpha value is -1.85. The van der Waals surface area contributed by atoms with Crippen LogP contribution in [-0.4, -0.2) is 18.7 Å². The molecule has 4 nitrogen and oxygen atoms in total. The molecule has 1 amide bonds. The van der Waals surface area contributed by atoms with Crippen LogP contribution in [0.1, 0.15) is 16.7 Å². The standard InChI is InChI=1S/C15H15ClN2O2S/c1-10-5-13(6-11(2)15(10)16)20-8-14(19)18-17-7-12-3-4-21-9-12/h3-7,9H,8H2,1-2H3,(H,18,19)/b17-7+. The van der Waals surface area contributed by atoms with Gasteiger partial charge in [0.05, 0.1) is 6.21 Å². The van der Waals surface area contributed by atoms with E-state index in [0.717, 1.165) is 16.7 Å². The van der Waals surface area contributed by atoms with Gasteiger partial charge < -0.3 is 4.74 Å². The molecule has 21 heavy (non-hydrogen) atoms. The maximum Gasteiger partial charge on any atom is 0.277 e. The predicted octanol–water partition coefficient (Wildman–Crippen LogP) is 3.55. The van der Waals surface area contributed by atoms with Gasteiger partial charge in [-0.05, 0) is 53.9 Å². The molecule has 2 aromatic rings. The Morgan fingerprint density at radius 2 is 2.14 bits per heavy atom. The highest BCUT2D eigenvalue weighted by Crippen LogP contribution is 2.25. The molecule has 0 unspecified atom stereocenters. The summed E-state index contributed by atoms with van der Waals surface area (Å²) in [6.07, 6.45) is 1.59. The van der Waals surface area contributed by atoms with Gasteiger partial charge in [0.15, 0.2) is 6.61 Å². The highest BCUT2D eigenvalue weighted by Gasteiger charge is 2.06. The quantitative estimate of drug-likeness (QED) is 0.676. The Labute approximate surface area is 132 Å². The summed E-state index contributed by atoms with van der Waals surface area (Å²) >= 11 is 7.65. The number of benzene rings is 1. The van der Waals surface area contributed by atoms with Crippen molar-refractivity contribution in [2.75, 3.05) is 6.61 Å². The van der Waals surface area contributed by atoms with Crippen molar-refractivity contribution in [1.82, 2.24) is 5.43 Å². The molecule has 1 aromatic carbocycles. The molecule has 0 radical (unpaired) electrons. The number of hydrogen-bond acceptors (Lipinski definition) is 4. The highest BCUT2D eigenvalue weighted by molar-refractivity contribution is 7.08. The lowest BCUT2D eigenvalue weighted by Crippen LogP contribution is -2.24. The Morgan fingerprint density at radius 1 is 1.43 bits per heavy atom. The van der Waals surface area contributed by atoms with Crippen molar-refractivity contribution in [2.45, 2.75) is 13.8 Å². The van der Waals surface area contributed by atoms with E-state index in [1.165, 1.54) is 0 Å². The van der Waals surface area contributed by atoms with E-state index in [4.69, 9.17) is 16.3 Å². The van der Waals surface area contributed by atoms with Gasteiger partial charge in [-0.25, -0.2) is 5.43 Å². The van der Waals surface area contributed by atoms with Gasteiger partial charge in [-0.15, -0.1) is 0 Å². The molecule has 1 heterocycles. The lowest BCUT2D eigenvalue weighted by Gasteiger charge is -2.09. The lowest BCUT2D eigenvalue weighted by atomic mass is 10.1. The topological polar surface area (TPSA) is 50.7 Å². The first-order chi connectivity index (χ1) is 10.1. The second kappa shape index (κ2) is 7.24. The minimum absolute atomic E-state index is 0.0957. The largest absolute Gasteiger partial charge is 0.484 e. The third-order valence-corrected chi connectivity index (χ3v) is 4.02. The molecule has 2 rings (SSSR count). The maximum absolute atomic E-state index is 11.6. The van der Waals surface area contributed by atoms with Gasteiger partial charge in [0.2, 0.25) is 0 Å². The monoisotopic (exact) mass is 322 g/mol. The van der Waals surface area contributed by atoms with Crippen LogP contribution in [0, 0.1) is 13.8 Å². The van der Waals surface area contributed by atoms with Crippen LogP contribution in [0.5, 0.6) is 5.75 Å². The fourth-order valence-electron chi connectivity index (χ4n) is 1.70. The third-order valence-electron chi connectivity index (χ3n) is 2.73. The van der Waals surface area contributed by atoms with E-state index in [9.17, 15) is 4.79 Å². The predicted molar refractivity (Wildman–Crippen MR) is 86.5 cm³/mol. The number of thiophene rings is 1. The number of amides is 1. The van der Waals surface area contributed by atoms with E-state index in [-0.39, 0.29) is 12.5 Å². The van der Waals surface area contributed by atoms with E-state index < -0.39 is 0 Å². The van der Waals surface area contributed by atoms with Gasteiger partial charge in [0, 0.05) is 10.6 Å². The number of hydrogen-bond donors (Lipinski definition) is 1. The number of aryl methyl sites for hydroxylation is 2. The second-order valence-electron chi connectivity index (χ2n) is 4.51. The van der Waals surface area contributed by atoms with Crippen molar-refractivity contribution in [2.24, 2.45) is 5.10 Å². The molecule has 0 fully saturated rings. The van der Waals surface area contributed by atoms with E-state index in [1.807, 2.05) is 30.7 Å². The molecule has 6 heteroatoms. The summed E-state index contributed by atoms with van der Waals surface area (Å²) in [7, 11) is 0. The summed E-state index contributed by atoms with van der Waals surface area (Å²) in [5.41, 5.74) is 5.20. The van der Waals surface area contributed by atoms with Crippen molar-refractivity contribution < 1.29 is 9.53 Å². The van der Waals surface area contributed by atoms with Crippen LogP contribution in [0.3, 0.4) is 0 Å². The van der Waals surface area contributed by atoms with Crippen LogP contribution in [-0.2, 0) is 4.79 Å². The molecule has 0 atom stereocenters. The number of carbonyl (C=O) groups excluding carboxylic acids is 1. The molecule has 0 bridgehead atoms. The normalized spacial score (nSPS) is 10.8. The fraction of sp³-hybridized carbons (Fsp3) is 0.200. The Bertz CT molecular complexity index is 631. The van der Waals surface area contributed by atoms with Crippen LogP contribution in [0.2, 0.25) is 5.02 Å². The number of nitrogens with one attached hydrogen (secondary N) is 1. The Kier molecular flexibility index (Phi) is 5.36. The van der Waals surface area contributed by atoms with Crippen LogP contribution in [0.4, 0.5) is 0 Å². The number of nitrogens with zero attached hydrogens (tertiary/aromatic N) is 1. The van der Waals surface area contributed by atoms with Crippen molar-refractivity contribution in [3.63, 3.8) is 0 Å². The first kappa shape index (κ1) is 15.5. The summed E-state index contributed by atoms with van der Waals surface area (Å²) in [6.45, 7) is 3.70. The third kappa shape index (κ3) is 4.58. The van der Waals surface area contributed by atoms with Gasteiger partial charge in [-0.2, -0.15) is 16.4 Å². The molecule has 1 N–H and O–H groups in total. The Balaban J connectivity index is 1.84. The molecule has 0 saturated carbocycles. The average molecular weight is 323 g/mol. The zero-order valence-corrected chi connectivity index (χ0v) is 13.3. The lowest BCUT2D eigenvalue weighted by molar-refractivity contribution is -0.123. The molecular weight excluding hydrogens is 308 g/mol. The number of halogens is 1. The summed E-state index contributed by atoms with van der Waals surface area (Å²) < 4.78 is 5.43. The summed E-state index contributed by atoms with van der Waals surface area (Å²) in [4.78, 5) is 11.6. The van der Waals surface area contributed by atoms with E-state index in [0.29, 0.717) is 10.8 Å². The maximum atomic E-state index is 11.6. The summed E-state index contributed by atoms with van der Waals surface area (Å²) in [6, 6.07) is 5.52. The fourth-order valence-corrected chi connectivity index (χ4v) is 2.42. The van der Waals surface area contributed by atoms with Crippen molar-refractivity contribution in [3.05, 3.63) is 50.7 Å². The zero-order valence-electron chi connectivity index (χ0n) is 11.7. The van der Waals surface area contributed by atoms with Crippen molar-refractivity contribution in [1.29, 1.82) is 0 Å². The molecule has 0 aliphatic rings. The number of ether oxygens (including phenoxy) is 1. The van der Waals surface area contributed by atoms with Crippen LogP contribution in [0.15, 0.2) is 34.1 Å². The van der Waals surface area contributed by atoms with Gasteiger partial charge in [-0.3, -0.25) is 4.79 Å². The molecular formula is C15H15ClN2O2S. The highest BCUT2D eigenvalue weighted by atomic mass is 35.5. The van der Waals surface area contributed by atoms with E-state index in [2.05, 4.69) is 10.5 Å². The van der Waals surface area contributed by atoms with Gasteiger partial charge in [0.1, 0.15) is 5.75 Å². The average Bonchev–Trinajstić information content (AvgIpc) is 2.95. The van der Waals surface area contributed by atoms with Crippen LogP contribution in [0.25, 0.3) is 0 Å². The van der Waals surface area contributed by atoms with Gasteiger partial charge in [-0.1, -0.05) is 11.6 Å². The van der Waals surface area contributed by atoms with Crippen molar-refractivity contribution in [3.8, 4) is 5.75 Å². The smallest absolute Gasteiger partial charge is 0.277 e. The molecule has 1 aromatic heterocycles. The number of rotatable bonds is 5. The SMILES string of the molecule is Cc1cc(OCC(=O)N/N=C/c2ccsc2)cc(C)c1Cl. The molecule has 0 aliphatic heterocycles. The molecule has 0 saturated heterocycles.